The summed E-state index contributed by atoms with van der Waals surface area (Å²) in [6.07, 6.45) is 4.87. The van der Waals surface area contributed by atoms with Crippen molar-refractivity contribution in [2.45, 2.75) is 38.6 Å². The van der Waals surface area contributed by atoms with Crippen LogP contribution in [0.3, 0.4) is 0 Å². The third-order valence-electron chi connectivity index (χ3n) is 3.84. The van der Waals surface area contributed by atoms with Crippen LogP contribution in [0.25, 0.3) is 0 Å². The molecule has 2 amide bonds. The first-order valence-electron chi connectivity index (χ1n) is 7.33. The maximum absolute atomic E-state index is 12.3. The first kappa shape index (κ1) is 17.1. The molecule has 1 fully saturated rings. The van der Waals surface area contributed by atoms with Crippen molar-refractivity contribution in [1.29, 1.82) is 0 Å². The number of hydrogen-bond acceptors (Lipinski definition) is 4. The van der Waals surface area contributed by atoms with Gasteiger partial charge in [-0.3, -0.25) is 9.59 Å². The first-order chi connectivity index (χ1) is 10.5. The summed E-state index contributed by atoms with van der Waals surface area (Å²) in [4.78, 5) is 27.8. The maximum Gasteiger partial charge on any atom is 0.245 e. The van der Waals surface area contributed by atoms with Gasteiger partial charge in [-0.05, 0) is 60.4 Å². The number of anilines is 1. The van der Waals surface area contributed by atoms with Crippen molar-refractivity contribution in [1.82, 2.24) is 10.3 Å². The minimum Gasteiger partial charge on any atom is -0.387 e. The van der Waals surface area contributed by atoms with E-state index < -0.39 is 6.61 Å². The molecule has 1 heterocycles. The van der Waals surface area contributed by atoms with Crippen LogP contribution in [0.5, 0.6) is 0 Å². The van der Waals surface area contributed by atoms with E-state index in [-0.39, 0.29) is 23.8 Å². The van der Waals surface area contributed by atoms with Gasteiger partial charge in [0.2, 0.25) is 11.8 Å². The number of hydrogen-bond donors (Lipinski definition) is 3. The van der Waals surface area contributed by atoms with Crippen molar-refractivity contribution in [2.24, 2.45) is 5.92 Å². The minimum atomic E-state index is -0.515. The number of carbonyl (C=O) groups is 2. The van der Waals surface area contributed by atoms with Crippen LogP contribution in [-0.4, -0.2) is 34.6 Å². The van der Waals surface area contributed by atoms with E-state index in [2.05, 4.69) is 38.2 Å². The quantitative estimate of drug-likeness (QED) is 0.650. The number of aliphatic hydroxyl groups is 1. The fourth-order valence-electron chi connectivity index (χ4n) is 2.63. The van der Waals surface area contributed by atoms with E-state index in [9.17, 15) is 9.59 Å². The summed E-state index contributed by atoms with van der Waals surface area (Å²) in [5.74, 6) is -0.0315. The number of amides is 2. The topological polar surface area (TPSA) is 91.3 Å². The lowest BCUT2D eigenvalue weighted by molar-refractivity contribution is -0.126. The Hall–Kier alpha value is -1.22. The van der Waals surface area contributed by atoms with Crippen LogP contribution < -0.4 is 10.6 Å². The summed E-state index contributed by atoms with van der Waals surface area (Å²) in [5.41, 5.74) is 1.07. The monoisotopic (exact) mass is 417 g/mol. The smallest absolute Gasteiger partial charge is 0.245 e. The molecular formula is C15H20IN3O3. The molecule has 0 radical (unpaired) electrons. The third-order valence-corrected chi connectivity index (χ3v) is 5.00. The molecule has 0 aliphatic heterocycles. The number of aliphatic hydroxyl groups excluding tert-OH is 1. The van der Waals surface area contributed by atoms with Crippen LogP contribution in [0.2, 0.25) is 0 Å². The lowest BCUT2D eigenvalue weighted by Gasteiger charge is -2.28. The van der Waals surface area contributed by atoms with Gasteiger partial charge in [-0.25, -0.2) is 4.98 Å². The molecular weight excluding hydrogens is 397 g/mol. The number of carbonyl (C=O) groups excluding carboxylic acids is 2. The Labute approximate surface area is 143 Å². The normalized spacial score (nSPS) is 21.2. The third kappa shape index (κ3) is 4.64. The summed E-state index contributed by atoms with van der Waals surface area (Å²) < 4.78 is 1.06. The van der Waals surface area contributed by atoms with Crippen molar-refractivity contribution >= 4 is 40.2 Å². The Morgan fingerprint density at radius 3 is 2.91 bits per heavy atom. The number of halogens is 1. The van der Waals surface area contributed by atoms with E-state index in [1.165, 1.54) is 0 Å². The summed E-state index contributed by atoms with van der Waals surface area (Å²) in [6, 6.07) is 1.80. The van der Waals surface area contributed by atoms with Crippen molar-refractivity contribution in [3.8, 4) is 0 Å². The molecule has 22 heavy (non-hydrogen) atoms. The average Bonchev–Trinajstić information content (AvgIpc) is 2.51. The fraction of sp³-hybridized carbons (Fsp3) is 0.533. The first-order valence-corrected chi connectivity index (χ1v) is 8.40. The van der Waals surface area contributed by atoms with Gasteiger partial charge in [-0.15, -0.1) is 0 Å². The molecule has 120 valence electrons. The lowest BCUT2D eigenvalue weighted by Crippen LogP contribution is -2.42. The maximum atomic E-state index is 12.3. The molecule has 3 N–H and O–H groups in total. The van der Waals surface area contributed by atoms with Crippen molar-refractivity contribution in [3.05, 3.63) is 21.4 Å². The molecule has 7 heteroatoms. The Balaban J connectivity index is 1.93. The summed E-state index contributed by atoms with van der Waals surface area (Å²) >= 11 is 2.21. The van der Waals surface area contributed by atoms with Gasteiger partial charge in [0.15, 0.2) is 0 Å². The van der Waals surface area contributed by atoms with Crippen LogP contribution in [0.1, 0.15) is 31.2 Å². The molecule has 6 nitrogen and oxygen atoms in total. The van der Waals surface area contributed by atoms with E-state index in [1.54, 1.807) is 6.20 Å². The molecule has 1 aliphatic rings. The number of pyridine rings is 1. The zero-order valence-electron chi connectivity index (χ0n) is 12.4. The zero-order valence-corrected chi connectivity index (χ0v) is 14.6. The second kappa shape index (κ2) is 7.87. The van der Waals surface area contributed by atoms with E-state index in [4.69, 9.17) is 5.11 Å². The van der Waals surface area contributed by atoms with Gasteiger partial charge < -0.3 is 15.7 Å². The van der Waals surface area contributed by atoms with Gasteiger partial charge in [0.25, 0.3) is 0 Å². The van der Waals surface area contributed by atoms with Gasteiger partial charge in [0.1, 0.15) is 12.4 Å². The largest absolute Gasteiger partial charge is 0.387 e. The predicted octanol–water partition coefficient (Wildman–Crippen LogP) is 1.60. The Kier molecular flexibility index (Phi) is 6.13. The van der Waals surface area contributed by atoms with E-state index in [0.717, 1.165) is 28.4 Å². The van der Waals surface area contributed by atoms with Gasteiger partial charge in [0, 0.05) is 21.7 Å². The lowest BCUT2D eigenvalue weighted by atomic mass is 9.85. The van der Waals surface area contributed by atoms with Gasteiger partial charge in [-0.2, -0.15) is 0 Å². The van der Waals surface area contributed by atoms with Gasteiger partial charge in [-0.1, -0.05) is 6.42 Å². The summed E-state index contributed by atoms with van der Waals surface area (Å²) in [5, 5.41) is 14.4. The second-order valence-electron chi connectivity index (χ2n) is 5.59. The molecule has 1 saturated carbocycles. The number of nitrogens with one attached hydrogen (secondary N) is 2. The highest BCUT2D eigenvalue weighted by atomic mass is 127. The van der Waals surface area contributed by atoms with Crippen LogP contribution in [0.15, 0.2) is 12.3 Å². The molecule has 1 aliphatic carbocycles. The number of aryl methyl sites for hydroxylation is 1. The molecule has 0 saturated heterocycles. The fourth-order valence-corrected chi connectivity index (χ4v) is 3.06. The molecule has 0 aromatic carbocycles. The van der Waals surface area contributed by atoms with Crippen LogP contribution in [0.4, 0.5) is 5.82 Å². The second-order valence-corrected chi connectivity index (χ2v) is 6.76. The molecule has 0 unspecified atom stereocenters. The van der Waals surface area contributed by atoms with Gasteiger partial charge in [0.05, 0.1) is 0 Å². The summed E-state index contributed by atoms with van der Waals surface area (Å²) in [7, 11) is 0. The Morgan fingerprint density at radius 2 is 2.23 bits per heavy atom. The predicted molar refractivity (Wildman–Crippen MR) is 91.3 cm³/mol. The van der Waals surface area contributed by atoms with E-state index in [0.29, 0.717) is 12.2 Å². The zero-order chi connectivity index (χ0) is 16.1. The number of rotatable bonds is 4. The van der Waals surface area contributed by atoms with Crippen LogP contribution >= 0.6 is 22.6 Å². The van der Waals surface area contributed by atoms with E-state index in [1.807, 2.05) is 13.0 Å². The van der Waals surface area contributed by atoms with Crippen molar-refractivity contribution in [3.63, 3.8) is 0 Å². The highest BCUT2D eigenvalue weighted by Gasteiger charge is 2.28. The molecule has 1 aromatic rings. The summed E-state index contributed by atoms with van der Waals surface area (Å²) in [6.45, 7) is 1.45. The Morgan fingerprint density at radius 1 is 1.45 bits per heavy atom. The standard InChI is InChI=1S/C15H20IN3O3/c1-9-7-17-13(6-12(9)16)19-15(22)10-3-2-4-11(5-10)18-14(21)8-20/h6-7,10-11,20H,2-5,8H2,1H3,(H,18,21)(H,17,19,22)/t10-,11+/m0/s1. The Bertz CT molecular complexity index is 565. The van der Waals surface area contributed by atoms with Crippen molar-refractivity contribution in [2.75, 3.05) is 11.9 Å². The highest BCUT2D eigenvalue weighted by molar-refractivity contribution is 14.1. The minimum absolute atomic E-state index is 0.0461. The molecule has 2 rings (SSSR count). The van der Waals surface area contributed by atoms with Crippen LogP contribution in [-0.2, 0) is 9.59 Å². The van der Waals surface area contributed by atoms with E-state index >= 15 is 0 Å². The average molecular weight is 417 g/mol. The SMILES string of the molecule is Cc1cnc(NC(=O)[C@H]2CCC[C@@H](NC(=O)CO)C2)cc1I. The number of nitrogens with zero attached hydrogens (tertiary/aromatic N) is 1. The molecule has 2 atom stereocenters. The van der Waals surface area contributed by atoms with Gasteiger partial charge >= 0.3 is 0 Å². The molecule has 0 spiro atoms. The molecule has 1 aromatic heterocycles. The molecule has 0 bridgehead atoms. The van der Waals surface area contributed by atoms with Crippen molar-refractivity contribution < 1.29 is 14.7 Å². The number of aromatic nitrogens is 1. The highest BCUT2D eigenvalue weighted by Crippen LogP contribution is 2.25. The van der Waals surface area contributed by atoms with Crippen LogP contribution in [0, 0.1) is 16.4 Å².